The maximum atomic E-state index is 14.4. The Morgan fingerprint density at radius 1 is 0.875 bits per heavy atom. The van der Waals surface area contributed by atoms with Crippen LogP contribution in [0, 0.1) is 19.7 Å². The van der Waals surface area contributed by atoms with Gasteiger partial charge < -0.3 is 33.7 Å². The number of ether oxygens (including phenoxy) is 5. The van der Waals surface area contributed by atoms with Crippen LogP contribution in [0.25, 0.3) is 43.2 Å². The fraction of sp³-hybridized carbons (Fsp3) is 0.352. The summed E-state index contributed by atoms with van der Waals surface area (Å²) in [5, 5.41) is 12.0. The van der Waals surface area contributed by atoms with Crippen molar-refractivity contribution in [2.24, 2.45) is 0 Å². The summed E-state index contributed by atoms with van der Waals surface area (Å²) in [6, 6.07) is 21.5. The van der Waals surface area contributed by atoms with Crippen LogP contribution in [0.4, 0.5) is 4.39 Å². The van der Waals surface area contributed by atoms with Crippen LogP contribution < -0.4 is 18.9 Å². The highest BCUT2D eigenvalue weighted by Crippen LogP contribution is 2.53. The average molecular weight is 1040 g/mol. The number of rotatable bonds is 11. The lowest BCUT2D eigenvalue weighted by molar-refractivity contribution is -0.145. The van der Waals surface area contributed by atoms with Crippen molar-refractivity contribution in [1.29, 1.82) is 0 Å². The molecule has 4 aliphatic heterocycles. The zero-order chi connectivity index (χ0) is 49.9. The summed E-state index contributed by atoms with van der Waals surface area (Å²) in [5.74, 6) is 0.165. The van der Waals surface area contributed by atoms with Crippen molar-refractivity contribution in [3.63, 3.8) is 0 Å². The van der Waals surface area contributed by atoms with Gasteiger partial charge in [0.05, 0.1) is 34.3 Å². The number of carboxylic acids is 1. The Bertz CT molecular complexity index is 3070. The molecule has 11 rings (SSSR count). The number of hydrogen-bond donors (Lipinski definition) is 1. The van der Waals surface area contributed by atoms with Crippen LogP contribution in [0.15, 0.2) is 85.3 Å². The number of morpholine rings is 1. The third kappa shape index (κ3) is 11.0. The molecule has 3 aromatic heterocycles. The highest BCUT2D eigenvalue weighted by molar-refractivity contribution is 7.22. The first-order valence-electron chi connectivity index (χ1n) is 24.0. The van der Waals surface area contributed by atoms with Gasteiger partial charge in [-0.1, -0.05) is 53.5 Å². The number of aromatic nitrogens is 4. The quantitative estimate of drug-likeness (QED) is 0.131. The van der Waals surface area contributed by atoms with E-state index in [1.165, 1.54) is 35.4 Å². The molecule has 0 aliphatic carbocycles. The van der Waals surface area contributed by atoms with Gasteiger partial charge >= 0.3 is 5.97 Å². The van der Waals surface area contributed by atoms with Gasteiger partial charge in [-0.15, -0.1) is 11.3 Å². The minimum absolute atomic E-state index is 0.0310. The molecule has 4 aromatic carbocycles. The highest BCUT2D eigenvalue weighted by Gasteiger charge is 2.32. The Morgan fingerprint density at radius 3 is 2.42 bits per heavy atom. The fourth-order valence-electron chi connectivity index (χ4n) is 9.46. The van der Waals surface area contributed by atoms with Gasteiger partial charge in [0.2, 0.25) is 12.0 Å². The molecule has 4 bridgehead atoms. The first kappa shape index (κ1) is 49.6. The van der Waals surface area contributed by atoms with Crippen molar-refractivity contribution >= 4 is 50.7 Å². The van der Waals surface area contributed by atoms with E-state index in [1.807, 2.05) is 26.0 Å². The standard InChI is InChI=1S/C54H54Cl2FN7O7S/c1-32-44-33(2)48(56)49(47(32)55)70-41(28-64-19-17-62(3)18-20-64)30-68-40-11-12-42(69-29-39-13-15-58-51(61-39)36-6-4-5-34(25-36)14-16-63-21-23-67-24-22-63)37(26-40)27-43(54(65)66)71-52-46-45(44)50(72-53(46)60-31-59-52)35-7-9-38(57)10-8-35/h4-13,15,25-26,31,41,43H,14,16-24,27-30H2,1-3H3,(H,65,66)/t41-,43-/m1/s1. The zero-order valence-electron chi connectivity index (χ0n) is 40.2. The second-order valence-corrected chi connectivity index (χ2v) is 20.1. The van der Waals surface area contributed by atoms with Gasteiger partial charge in [-0.2, -0.15) is 0 Å². The number of likely N-dealkylation sites (N-methyl/N-ethyl adjacent to an activating group) is 1. The Morgan fingerprint density at radius 2 is 1.65 bits per heavy atom. The molecule has 14 nitrogen and oxygen atoms in total. The number of piperazine rings is 1. The minimum atomic E-state index is -1.47. The van der Waals surface area contributed by atoms with Gasteiger partial charge in [-0.05, 0) is 97.6 Å². The van der Waals surface area contributed by atoms with Gasteiger partial charge in [-0.25, -0.2) is 29.1 Å². The number of carboxylic acid groups (broad SMARTS) is 1. The van der Waals surface area contributed by atoms with E-state index in [0.29, 0.717) is 93.8 Å². The summed E-state index contributed by atoms with van der Waals surface area (Å²) in [7, 11) is 2.11. The molecule has 2 atom stereocenters. The summed E-state index contributed by atoms with van der Waals surface area (Å²) >= 11 is 16.0. The number of nitrogens with zero attached hydrogens (tertiary/aromatic N) is 7. The van der Waals surface area contributed by atoms with E-state index in [9.17, 15) is 14.3 Å². The SMILES string of the molecule is Cc1c(Cl)c2c(Cl)c(C)c1-c1c(-c3ccc(F)cc3)sc3ncnc(c13)O[C@@H](C(=O)O)Cc1cc(ccc1OCc1ccnc(-c3cccc(CCN4CCOCC4)c3)n1)OC[C@@H](CN1CCN(C)CC1)O2. The number of fused-ring (bicyclic) bond motifs is 7. The van der Waals surface area contributed by atoms with Gasteiger partial charge in [0.25, 0.3) is 0 Å². The first-order chi connectivity index (χ1) is 34.9. The average Bonchev–Trinajstić information content (AvgIpc) is 3.78. The number of aliphatic carboxylic acids is 1. The molecule has 72 heavy (non-hydrogen) atoms. The van der Waals surface area contributed by atoms with E-state index in [0.717, 1.165) is 71.0 Å². The third-order valence-electron chi connectivity index (χ3n) is 13.5. The van der Waals surface area contributed by atoms with E-state index >= 15 is 0 Å². The maximum Gasteiger partial charge on any atom is 0.345 e. The maximum absolute atomic E-state index is 14.4. The normalized spacial score (nSPS) is 18.0. The zero-order valence-corrected chi connectivity index (χ0v) is 42.5. The predicted octanol–water partition coefficient (Wildman–Crippen LogP) is 9.46. The Labute approximate surface area is 431 Å². The molecule has 1 N–H and O–H groups in total. The second-order valence-electron chi connectivity index (χ2n) is 18.4. The summed E-state index contributed by atoms with van der Waals surface area (Å²) in [6.07, 6.45) is 1.80. The van der Waals surface area contributed by atoms with Crippen LogP contribution in [0.1, 0.15) is 27.9 Å². The number of halogens is 3. The summed E-state index contributed by atoms with van der Waals surface area (Å²) in [5.41, 5.74) is 6.51. The summed E-state index contributed by atoms with van der Waals surface area (Å²) in [4.78, 5) is 40.4. The molecule has 7 aromatic rings. The molecule has 0 radical (unpaired) electrons. The second kappa shape index (κ2) is 22.0. The van der Waals surface area contributed by atoms with Crippen LogP contribution in [0.2, 0.25) is 10.0 Å². The number of hydrogen-bond acceptors (Lipinski definition) is 14. The molecule has 7 heterocycles. The van der Waals surface area contributed by atoms with Crippen LogP contribution in [-0.2, 0) is 29.0 Å². The topological polar surface area (TPSA) is 145 Å². The molecule has 0 unspecified atom stereocenters. The highest BCUT2D eigenvalue weighted by atomic mass is 35.5. The van der Waals surface area contributed by atoms with E-state index in [2.05, 4.69) is 48.8 Å². The molecule has 0 amide bonds. The summed E-state index contributed by atoms with van der Waals surface area (Å²) in [6.45, 7) is 12.3. The predicted molar refractivity (Wildman–Crippen MR) is 277 cm³/mol. The van der Waals surface area contributed by atoms with Crippen molar-refractivity contribution < 1.29 is 38.0 Å². The van der Waals surface area contributed by atoms with Crippen LogP contribution in [0.3, 0.4) is 0 Å². The molecule has 374 valence electrons. The number of thiophene rings is 1. The minimum Gasteiger partial charge on any atom is -0.490 e. The number of benzene rings is 4. The van der Waals surface area contributed by atoms with E-state index in [1.54, 1.807) is 42.6 Å². The number of carbonyl (C=O) groups is 1. The van der Waals surface area contributed by atoms with Crippen molar-refractivity contribution in [2.75, 3.05) is 79.2 Å². The first-order valence-corrected chi connectivity index (χ1v) is 25.6. The lowest BCUT2D eigenvalue weighted by atomic mass is 9.92. The summed E-state index contributed by atoms with van der Waals surface area (Å²) < 4.78 is 46.4. The van der Waals surface area contributed by atoms with Crippen LogP contribution in [-0.4, -0.2) is 137 Å². The Kier molecular flexibility index (Phi) is 15.2. The molecule has 4 aliphatic rings. The lowest BCUT2D eigenvalue weighted by Crippen LogP contribution is -2.49. The molecule has 2 saturated heterocycles. The van der Waals surface area contributed by atoms with Gasteiger partial charge in [0.1, 0.15) is 47.8 Å². The van der Waals surface area contributed by atoms with Gasteiger partial charge in [-0.3, -0.25) is 9.80 Å². The molecular weight excluding hydrogens is 981 g/mol. The fourth-order valence-corrected chi connectivity index (χ4v) is 11.1. The van der Waals surface area contributed by atoms with Crippen molar-refractivity contribution in [2.45, 2.75) is 45.5 Å². The van der Waals surface area contributed by atoms with Gasteiger partial charge in [0, 0.05) is 86.5 Å². The Balaban J connectivity index is 1.02. The van der Waals surface area contributed by atoms with Crippen molar-refractivity contribution in [3.8, 4) is 56.1 Å². The van der Waals surface area contributed by atoms with E-state index < -0.39 is 24.0 Å². The largest absolute Gasteiger partial charge is 0.490 e. The third-order valence-corrected chi connectivity index (χ3v) is 15.5. The molecule has 0 spiro atoms. The monoisotopic (exact) mass is 1030 g/mol. The molecule has 2 fully saturated rings. The van der Waals surface area contributed by atoms with Crippen LogP contribution in [0.5, 0.6) is 23.1 Å². The van der Waals surface area contributed by atoms with Gasteiger partial charge in [0.15, 0.2) is 11.6 Å². The van der Waals surface area contributed by atoms with E-state index in [4.69, 9.17) is 51.9 Å². The smallest absolute Gasteiger partial charge is 0.345 e. The van der Waals surface area contributed by atoms with Crippen molar-refractivity contribution in [1.82, 2.24) is 34.6 Å². The van der Waals surface area contributed by atoms with Crippen LogP contribution >= 0.6 is 34.5 Å². The molecule has 0 saturated carbocycles. The van der Waals surface area contributed by atoms with Crippen molar-refractivity contribution in [3.05, 3.63) is 129 Å². The van der Waals surface area contributed by atoms with E-state index in [-0.39, 0.29) is 25.5 Å². The molecular formula is C54H54Cl2FN7O7S. The Hall–Kier alpha value is -5.98. The molecule has 18 heteroatoms. The lowest BCUT2D eigenvalue weighted by Gasteiger charge is -2.35.